The zero-order valence-corrected chi connectivity index (χ0v) is 13.7. The number of hydrogen-bond acceptors (Lipinski definition) is 5. The zero-order valence-electron chi connectivity index (χ0n) is 12.9. The van der Waals surface area contributed by atoms with Crippen molar-refractivity contribution in [3.05, 3.63) is 34.0 Å². The van der Waals surface area contributed by atoms with Crippen molar-refractivity contribution in [2.24, 2.45) is 5.73 Å². The van der Waals surface area contributed by atoms with Crippen molar-refractivity contribution >= 4 is 31.8 Å². The largest absolute Gasteiger partial charge is 0.330 e. The molecule has 0 atom stereocenters. The van der Waals surface area contributed by atoms with Gasteiger partial charge in [0, 0.05) is 17.6 Å². The molecule has 0 fully saturated rings. The van der Waals surface area contributed by atoms with Gasteiger partial charge in [0.05, 0.1) is 11.8 Å². The number of pyridine rings is 1. The molecule has 0 unspecified atom stereocenters. The molecule has 0 aliphatic rings. The van der Waals surface area contributed by atoms with E-state index in [1.165, 1.54) is 11.3 Å². The molecular weight excluding hydrogens is 296 g/mol. The fraction of sp³-hybridized carbons (Fsp3) is 0.438. The number of aromatic nitrogens is 3. The summed E-state index contributed by atoms with van der Waals surface area (Å²) in [5, 5.41) is 1.01. The molecule has 0 bridgehead atoms. The van der Waals surface area contributed by atoms with Crippen LogP contribution in [0.4, 0.5) is 0 Å². The number of unbranched alkanes of at least 4 members (excludes halogenated alkanes) is 2. The van der Waals surface area contributed by atoms with E-state index in [9.17, 15) is 4.79 Å². The second-order valence-electron chi connectivity index (χ2n) is 5.63. The van der Waals surface area contributed by atoms with Gasteiger partial charge in [-0.1, -0.05) is 6.42 Å². The predicted molar refractivity (Wildman–Crippen MR) is 91.6 cm³/mol. The minimum atomic E-state index is 0.0396. The fourth-order valence-corrected chi connectivity index (χ4v) is 3.96. The molecule has 2 N–H and O–H groups in total. The molecular formula is C16H20N4OS. The van der Waals surface area contributed by atoms with E-state index in [1.54, 1.807) is 10.9 Å². The molecule has 3 heterocycles. The topological polar surface area (TPSA) is 73.8 Å². The maximum absolute atomic E-state index is 12.6. The van der Waals surface area contributed by atoms with Gasteiger partial charge in [0.15, 0.2) is 0 Å². The van der Waals surface area contributed by atoms with Crippen molar-refractivity contribution in [1.29, 1.82) is 0 Å². The summed E-state index contributed by atoms with van der Waals surface area (Å²) in [6.45, 7) is 5.41. The van der Waals surface area contributed by atoms with E-state index >= 15 is 0 Å². The third kappa shape index (κ3) is 2.64. The van der Waals surface area contributed by atoms with E-state index in [4.69, 9.17) is 5.73 Å². The van der Waals surface area contributed by atoms with E-state index in [0.29, 0.717) is 17.8 Å². The maximum Gasteiger partial charge on any atom is 0.271 e. The van der Waals surface area contributed by atoms with Crippen LogP contribution in [0.2, 0.25) is 0 Å². The molecule has 0 aliphatic carbocycles. The van der Waals surface area contributed by atoms with Crippen molar-refractivity contribution in [3.63, 3.8) is 0 Å². The number of thiophene rings is 1. The lowest BCUT2D eigenvalue weighted by molar-refractivity contribution is 0.575. The van der Waals surface area contributed by atoms with Gasteiger partial charge >= 0.3 is 0 Å². The van der Waals surface area contributed by atoms with Crippen molar-refractivity contribution < 1.29 is 0 Å². The van der Waals surface area contributed by atoms with Crippen molar-refractivity contribution in [3.8, 4) is 0 Å². The molecule has 3 aromatic rings. The van der Waals surface area contributed by atoms with Crippen molar-refractivity contribution in [2.45, 2.75) is 39.7 Å². The van der Waals surface area contributed by atoms with Crippen LogP contribution in [-0.2, 0) is 6.54 Å². The summed E-state index contributed by atoms with van der Waals surface area (Å²) in [6, 6.07) is 2.04. The monoisotopic (exact) mass is 316 g/mol. The van der Waals surface area contributed by atoms with Crippen LogP contribution in [0.15, 0.2) is 17.2 Å². The first-order chi connectivity index (χ1) is 10.6. The number of aryl methyl sites for hydroxylation is 3. The molecule has 0 spiro atoms. The van der Waals surface area contributed by atoms with E-state index in [2.05, 4.69) is 9.97 Å². The van der Waals surface area contributed by atoms with Gasteiger partial charge in [-0.3, -0.25) is 9.36 Å². The molecule has 116 valence electrons. The van der Waals surface area contributed by atoms with Crippen LogP contribution >= 0.6 is 11.3 Å². The lowest BCUT2D eigenvalue weighted by Gasteiger charge is -2.04. The second-order valence-corrected chi connectivity index (χ2v) is 6.63. The van der Waals surface area contributed by atoms with E-state index in [-0.39, 0.29) is 5.56 Å². The highest BCUT2D eigenvalue weighted by Crippen LogP contribution is 2.31. The van der Waals surface area contributed by atoms with Gasteiger partial charge in [0.2, 0.25) is 0 Å². The lowest BCUT2D eigenvalue weighted by atomic mass is 10.1. The van der Waals surface area contributed by atoms with Crippen molar-refractivity contribution in [1.82, 2.24) is 14.5 Å². The summed E-state index contributed by atoms with van der Waals surface area (Å²) < 4.78 is 2.41. The Labute approximate surface area is 132 Å². The SMILES string of the molecule is Cc1cc(C)c2c(n1)sc1c(=O)n(CCCCCN)cnc12. The molecule has 0 aromatic carbocycles. The third-order valence-electron chi connectivity index (χ3n) is 3.85. The Morgan fingerprint density at radius 1 is 1.27 bits per heavy atom. The highest BCUT2D eigenvalue weighted by Gasteiger charge is 2.14. The highest BCUT2D eigenvalue weighted by atomic mass is 32.1. The molecule has 0 saturated heterocycles. The number of hydrogen-bond donors (Lipinski definition) is 1. The van der Waals surface area contributed by atoms with Gasteiger partial charge in [0.25, 0.3) is 5.56 Å². The Balaban J connectivity index is 2.06. The Kier molecular flexibility index (Phi) is 4.22. The molecule has 0 radical (unpaired) electrons. The Morgan fingerprint density at radius 2 is 2.09 bits per heavy atom. The average Bonchev–Trinajstić information content (AvgIpc) is 2.85. The van der Waals surface area contributed by atoms with Gasteiger partial charge in [-0.2, -0.15) is 0 Å². The first kappa shape index (κ1) is 15.1. The molecule has 0 saturated carbocycles. The summed E-state index contributed by atoms with van der Waals surface area (Å²) in [5.74, 6) is 0. The molecule has 6 heteroatoms. The predicted octanol–water partition coefficient (Wildman–Crippen LogP) is 2.75. The quantitative estimate of drug-likeness (QED) is 0.735. The molecule has 22 heavy (non-hydrogen) atoms. The number of nitrogens with zero attached hydrogens (tertiary/aromatic N) is 3. The first-order valence-electron chi connectivity index (χ1n) is 7.58. The molecule has 3 rings (SSSR count). The number of fused-ring (bicyclic) bond motifs is 3. The van der Waals surface area contributed by atoms with Gasteiger partial charge in [-0.05, 0) is 44.9 Å². The first-order valence-corrected chi connectivity index (χ1v) is 8.39. The maximum atomic E-state index is 12.6. The van der Waals surface area contributed by atoms with E-state index < -0.39 is 0 Å². The minimum absolute atomic E-state index is 0.0396. The summed E-state index contributed by atoms with van der Waals surface area (Å²) >= 11 is 1.45. The highest BCUT2D eigenvalue weighted by molar-refractivity contribution is 7.25. The summed E-state index contributed by atoms with van der Waals surface area (Å²) in [5.41, 5.74) is 8.42. The summed E-state index contributed by atoms with van der Waals surface area (Å²) in [7, 11) is 0. The zero-order chi connectivity index (χ0) is 15.7. The van der Waals surface area contributed by atoms with E-state index in [1.807, 2.05) is 19.9 Å². The van der Waals surface area contributed by atoms with E-state index in [0.717, 1.165) is 46.3 Å². The van der Waals surface area contributed by atoms with Crippen LogP contribution in [0.3, 0.4) is 0 Å². The average molecular weight is 316 g/mol. The summed E-state index contributed by atoms with van der Waals surface area (Å²) in [4.78, 5) is 22.6. The van der Waals surface area contributed by atoms with Crippen LogP contribution in [0.25, 0.3) is 20.4 Å². The van der Waals surface area contributed by atoms with Crippen LogP contribution in [-0.4, -0.2) is 21.1 Å². The Morgan fingerprint density at radius 3 is 2.86 bits per heavy atom. The number of nitrogens with two attached hydrogens (primary N) is 1. The third-order valence-corrected chi connectivity index (χ3v) is 4.91. The molecule has 0 amide bonds. The van der Waals surface area contributed by atoms with Crippen LogP contribution in [0, 0.1) is 13.8 Å². The summed E-state index contributed by atoms with van der Waals surface area (Å²) in [6.07, 6.45) is 4.65. The van der Waals surface area contributed by atoms with Gasteiger partial charge < -0.3 is 5.73 Å². The van der Waals surface area contributed by atoms with Crippen LogP contribution in [0.5, 0.6) is 0 Å². The van der Waals surface area contributed by atoms with Gasteiger partial charge in [0.1, 0.15) is 9.53 Å². The number of rotatable bonds is 5. The Bertz CT molecular complexity index is 881. The molecule has 0 aliphatic heterocycles. The van der Waals surface area contributed by atoms with Gasteiger partial charge in [-0.25, -0.2) is 9.97 Å². The minimum Gasteiger partial charge on any atom is -0.330 e. The second kappa shape index (κ2) is 6.14. The Hall–Kier alpha value is -1.79. The lowest BCUT2D eigenvalue weighted by Crippen LogP contribution is -2.19. The van der Waals surface area contributed by atoms with Crippen LogP contribution in [0.1, 0.15) is 30.5 Å². The van der Waals surface area contributed by atoms with Gasteiger partial charge in [-0.15, -0.1) is 11.3 Å². The van der Waals surface area contributed by atoms with Crippen LogP contribution < -0.4 is 11.3 Å². The normalized spacial score (nSPS) is 11.6. The standard InChI is InChI=1S/C16H20N4OS/c1-10-8-11(2)19-15-12(10)13-14(22-15)16(21)20(9-18-13)7-5-3-4-6-17/h8-9H,3-7,17H2,1-2H3. The fourth-order valence-electron chi connectivity index (χ4n) is 2.76. The molecule has 5 nitrogen and oxygen atoms in total. The van der Waals surface area contributed by atoms with Crippen molar-refractivity contribution in [2.75, 3.05) is 6.54 Å². The molecule has 3 aromatic heterocycles. The smallest absolute Gasteiger partial charge is 0.271 e.